The molecule has 10 nitrogen and oxygen atoms in total. The number of nitro benzene ring substituents is 1. The van der Waals surface area contributed by atoms with Gasteiger partial charge in [-0.25, -0.2) is 9.97 Å². The van der Waals surface area contributed by atoms with Crippen LogP contribution in [-0.4, -0.2) is 50.2 Å². The molecule has 0 unspecified atom stereocenters. The predicted molar refractivity (Wildman–Crippen MR) is 118 cm³/mol. The van der Waals surface area contributed by atoms with Crippen molar-refractivity contribution >= 4 is 23.1 Å². The van der Waals surface area contributed by atoms with Gasteiger partial charge < -0.3 is 9.80 Å². The first-order chi connectivity index (χ1) is 15.5. The Balaban J connectivity index is 1.27. The molecular formula is C22H23N7O3. The van der Waals surface area contributed by atoms with Crippen LogP contribution in [0, 0.1) is 10.1 Å². The summed E-state index contributed by atoms with van der Waals surface area (Å²) in [6.45, 7) is 1.31. The van der Waals surface area contributed by atoms with Gasteiger partial charge in [0.25, 0.3) is 5.69 Å². The summed E-state index contributed by atoms with van der Waals surface area (Å²) in [5.41, 5.74) is 2.71. The summed E-state index contributed by atoms with van der Waals surface area (Å²) in [6.07, 6.45) is 8.74. The summed E-state index contributed by atoms with van der Waals surface area (Å²) in [5, 5.41) is 15.3. The second-order valence-electron chi connectivity index (χ2n) is 8.22. The van der Waals surface area contributed by atoms with Crippen molar-refractivity contribution in [2.75, 3.05) is 23.4 Å². The van der Waals surface area contributed by atoms with Crippen molar-refractivity contribution in [2.24, 2.45) is 0 Å². The molecule has 0 bridgehead atoms. The SMILES string of the molecule is CN1C(=O)[C@@H]2CCCN2c2nc(CCc3cnn(Cc4cccc([N+](=O)[O-])c4)c3)ncc21. The lowest BCUT2D eigenvalue weighted by Gasteiger charge is -2.36. The first-order valence-electron chi connectivity index (χ1n) is 10.6. The molecule has 0 saturated carbocycles. The minimum Gasteiger partial charge on any atom is -0.343 e. The summed E-state index contributed by atoms with van der Waals surface area (Å²) in [5.74, 6) is 1.70. The number of benzene rings is 1. The van der Waals surface area contributed by atoms with Gasteiger partial charge in [0.1, 0.15) is 17.6 Å². The number of nitro groups is 1. The summed E-state index contributed by atoms with van der Waals surface area (Å²) >= 11 is 0. The Morgan fingerprint density at radius 2 is 2.09 bits per heavy atom. The van der Waals surface area contributed by atoms with Crippen LogP contribution in [0.3, 0.4) is 0 Å². The molecule has 1 amide bonds. The third-order valence-electron chi connectivity index (χ3n) is 6.09. The Morgan fingerprint density at radius 3 is 2.94 bits per heavy atom. The maximum Gasteiger partial charge on any atom is 0.269 e. The number of anilines is 2. The van der Waals surface area contributed by atoms with Crippen molar-refractivity contribution in [2.45, 2.75) is 38.3 Å². The number of carbonyl (C=O) groups is 1. The summed E-state index contributed by atoms with van der Waals surface area (Å²) < 4.78 is 1.78. The molecule has 2 aliphatic heterocycles. The number of aromatic nitrogens is 4. The van der Waals surface area contributed by atoms with Crippen LogP contribution in [0.2, 0.25) is 0 Å². The lowest BCUT2D eigenvalue weighted by atomic mass is 10.1. The van der Waals surface area contributed by atoms with Crippen LogP contribution in [0.15, 0.2) is 42.9 Å². The highest BCUT2D eigenvalue weighted by Crippen LogP contribution is 2.37. The second kappa shape index (κ2) is 8.03. The Bertz CT molecular complexity index is 1190. The van der Waals surface area contributed by atoms with Crippen molar-refractivity contribution in [3.63, 3.8) is 0 Å². The molecule has 3 aromatic rings. The average molecular weight is 433 g/mol. The third-order valence-corrected chi connectivity index (χ3v) is 6.09. The molecule has 1 saturated heterocycles. The molecule has 4 heterocycles. The van der Waals surface area contributed by atoms with E-state index in [1.54, 1.807) is 41.2 Å². The number of rotatable bonds is 6. The van der Waals surface area contributed by atoms with Gasteiger partial charge in [-0.3, -0.25) is 19.6 Å². The quantitative estimate of drug-likeness (QED) is 0.433. The molecule has 1 fully saturated rings. The maximum absolute atomic E-state index is 12.5. The first-order valence-corrected chi connectivity index (χ1v) is 10.6. The van der Waals surface area contributed by atoms with Crippen molar-refractivity contribution in [3.8, 4) is 0 Å². The molecule has 164 valence electrons. The number of aryl methyl sites for hydroxylation is 2. The van der Waals surface area contributed by atoms with Crippen molar-refractivity contribution in [1.29, 1.82) is 0 Å². The lowest BCUT2D eigenvalue weighted by molar-refractivity contribution is -0.384. The van der Waals surface area contributed by atoms with Gasteiger partial charge in [-0.2, -0.15) is 5.10 Å². The Labute approximate surface area is 184 Å². The number of likely N-dealkylation sites (N-methyl/N-ethyl adjacent to an activating group) is 1. The van der Waals surface area contributed by atoms with Crippen LogP contribution in [0.25, 0.3) is 0 Å². The molecule has 0 spiro atoms. The first kappa shape index (κ1) is 20.1. The topological polar surface area (TPSA) is 110 Å². The van der Waals surface area contributed by atoms with E-state index < -0.39 is 4.92 Å². The van der Waals surface area contributed by atoms with E-state index in [9.17, 15) is 14.9 Å². The van der Waals surface area contributed by atoms with Crippen LogP contribution in [0.4, 0.5) is 17.2 Å². The molecule has 0 aliphatic carbocycles. The van der Waals surface area contributed by atoms with E-state index in [1.807, 2.05) is 12.3 Å². The van der Waals surface area contributed by atoms with Gasteiger partial charge in [-0.15, -0.1) is 0 Å². The van der Waals surface area contributed by atoms with Crippen molar-refractivity contribution in [1.82, 2.24) is 19.7 Å². The fraction of sp³-hybridized carbons (Fsp3) is 0.364. The number of fused-ring (bicyclic) bond motifs is 3. The molecule has 32 heavy (non-hydrogen) atoms. The molecule has 5 rings (SSSR count). The Hall–Kier alpha value is -3.82. The molecule has 2 aliphatic rings. The Morgan fingerprint density at radius 1 is 1.22 bits per heavy atom. The molecule has 0 N–H and O–H groups in total. The maximum atomic E-state index is 12.5. The molecular weight excluding hydrogens is 410 g/mol. The average Bonchev–Trinajstić information content (AvgIpc) is 3.46. The fourth-order valence-corrected chi connectivity index (χ4v) is 4.42. The molecule has 10 heteroatoms. The fourth-order valence-electron chi connectivity index (χ4n) is 4.42. The minimum atomic E-state index is -0.394. The normalized spacial score (nSPS) is 17.4. The van der Waals surface area contributed by atoms with Crippen molar-refractivity contribution in [3.05, 3.63) is 69.9 Å². The van der Waals surface area contributed by atoms with Crippen LogP contribution in [0.1, 0.15) is 29.8 Å². The zero-order valence-corrected chi connectivity index (χ0v) is 17.7. The molecule has 1 atom stereocenters. The van der Waals surface area contributed by atoms with Crippen molar-refractivity contribution < 1.29 is 9.72 Å². The number of carbonyl (C=O) groups excluding carboxylic acids is 1. The van der Waals surface area contributed by atoms with Gasteiger partial charge in [-0.05, 0) is 30.4 Å². The van der Waals surface area contributed by atoms with Crippen LogP contribution in [-0.2, 0) is 24.2 Å². The highest BCUT2D eigenvalue weighted by Gasteiger charge is 2.40. The smallest absolute Gasteiger partial charge is 0.269 e. The number of non-ortho nitro benzene ring substituents is 1. The predicted octanol–water partition coefficient (Wildman–Crippen LogP) is 2.36. The van der Waals surface area contributed by atoms with Crippen LogP contribution < -0.4 is 9.80 Å². The second-order valence-corrected chi connectivity index (χ2v) is 8.22. The van der Waals surface area contributed by atoms with E-state index in [2.05, 4.69) is 15.0 Å². The monoisotopic (exact) mass is 433 g/mol. The van der Waals surface area contributed by atoms with E-state index in [-0.39, 0.29) is 17.6 Å². The van der Waals surface area contributed by atoms with E-state index in [1.165, 1.54) is 6.07 Å². The van der Waals surface area contributed by atoms with Gasteiger partial charge in [0, 0.05) is 38.3 Å². The summed E-state index contributed by atoms with van der Waals surface area (Å²) in [7, 11) is 1.79. The van der Waals surface area contributed by atoms with Gasteiger partial charge in [0.2, 0.25) is 5.91 Å². The summed E-state index contributed by atoms with van der Waals surface area (Å²) in [4.78, 5) is 36.2. The molecule has 2 aromatic heterocycles. The minimum absolute atomic E-state index is 0.0759. The van der Waals surface area contributed by atoms with Gasteiger partial charge in [0.15, 0.2) is 5.82 Å². The van der Waals surface area contributed by atoms with Gasteiger partial charge >= 0.3 is 0 Å². The standard InChI is InChI=1S/C22H23N7O3/c1-26-19-12-23-20(25-21(19)28-9-3-6-18(28)22(26)30)8-7-16-11-24-27(14-16)13-15-4-2-5-17(10-15)29(31)32/h2,4-5,10-12,14,18H,3,6-9,13H2,1H3/t18-/m0/s1. The van der Waals surface area contributed by atoms with E-state index in [0.29, 0.717) is 13.0 Å². The van der Waals surface area contributed by atoms with Crippen LogP contribution in [0.5, 0.6) is 0 Å². The van der Waals surface area contributed by atoms with Gasteiger partial charge in [0.05, 0.1) is 23.9 Å². The molecule has 0 radical (unpaired) electrons. The highest BCUT2D eigenvalue weighted by molar-refractivity contribution is 6.04. The summed E-state index contributed by atoms with van der Waals surface area (Å²) in [6, 6.07) is 6.47. The third kappa shape index (κ3) is 3.68. The zero-order chi connectivity index (χ0) is 22.2. The number of amides is 1. The largest absolute Gasteiger partial charge is 0.343 e. The van der Waals surface area contributed by atoms with E-state index in [0.717, 1.165) is 54.3 Å². The van der Waals surface area contributed by atoms with E-state index >= 15 is 0 Å². The number of nitrogens with zero attached hydrogens (tertiary/aromatic N) is 7. The molecule has 1 aromatic carbocycles. The van der Waals surface area contributed by atoms with Gasteiger partial charge in [-0.1, -0.05) is 12.1 Å². The lowest BCUT2D eigenvalue weighted by Crippen LogP contribution is -2.49. The number of hydrogen-bond donors (Lipinski definition) is 0. The number of hydrogen-bond acceptors (Lipinski definition) is 7. The van der Waals surface area contributed by atoms with Crippen LogP contribution >= 0.6 is 0 Å². The van der Waals surface area contributed by atoms with E-state index in [4.69, 9.17) is 4.98 Å². The Kier molecular flexibility index (Phi) is 5.04. The highest BCUT2D eigenvalue weighted by atomic mass is 16.6. The zero-order valence-electron chi connectivity index (χ0n) is 17.7.